The molecule has 21 heavy (non-hydrogen) atoms. The second kappa shape index (κ2) is 8.14. The smallest absolute Gasteiger partial charge is 0.239 e. The molecule has 0 heterocycles. The van der Waals surface area contributed by atoms with Crippen LogP contribution in [0.3, 0.4) is 0 Å². The van der Waals surface area contributed by atoms with Gasteiger partial charge in [-0.25, -0.2) is 8.42 Å². The highest BCUT2D eigenvalue weighted by atomic mass is 32.2. The van der Waals surface area contributed by atoms with Crippen LogP contribution in [0.15, 0.2) is 24.3 Å². The Morgan fingerprint density at radius 3 is 2.67 bits per heavy atom. The summed E-state index contributed by atoms with van der Waals surface area (Å²) in [5.74, 6) is -0.965. The molecule has 1 aromatic carbocycles. The van der Waals surface area contributed by atoms with Gasteiger partial charge in [0.05, 0.1) is 12.4 Å². The van der Waals surface area contributed by atoms with Gasteiger partial charge in [0.1, 0.15) is 5.75 Å². The third kappa shape index (κ3) is 7.24. The van der Waals surface area contributed by atoms with Crippen LogP contribution in [0.5, 0.6) is 0 Å². The van der Waals surface area contributed by atoms with Crippen molar-refractivity contribution in [2.24, 2.45) is 5.92 Å². The first-order valence-electron chi connectivity index (χ1n) is 6.99. The Kier molecular flexibility index (Phi) is 6.84. The minimum Gasteiger partial charge on any atom is -0.377 e. The van der Waals surface area contributed by atoms with Crippen LogP contribution >= 0.6 is 0 Å². The topological polar surface area (TPSA) is 72.5 Å². The summed E-state index contributed by atoms with van der Waals surface area (Å²) in [4.78, 5) is 11.8. The quantitative estimate of drug-likeness (QED) is 0.799. The monoisotopic (exact) mass is 313 g/mol. The molecule has 0 fully saturated rings. The van der Waals surface area contributed by atoms with Crippen molar-refractivity contribution in [3.05, 3.63) is 29.8 Å². The van der Waals surface area contributed by atoms with E-state index in [9.17, 15) is 13.2 Å². The minimum absolute atomic E-state index is 0.0114. The van der Waals surface area contributed by atoms with Gasteiger partial charge in [0.15, 0.2) is 9.84 Å². The van der Waals surface area contributed by atoms with E-state index in [-0.39, 0.29) is 11.7 Å². The lowest BCUT2D eigenvalue weighted by molar-refractivity contribution is -0.113. The number of ether oxygens (including phenoxy) is 1. The average Bonchev–Trinajstić information content (AvgIpc) is 2.34. The predicted octanol–water partition coefficient (Wildman–Crippen LogP) is 2.23. The molecule has 6 heteroatoms. The molecule has 1 N–H and O–H groups in total. The van der Waals surface area contributed by atoms with E-state index in [1.165, 1.54) is 0 Å². The summed E-state index contributed by atoms with van der Waals surface area (Å²) in [7, 11) is -3.36. The molecule has 0 aliphatic carbocycles. The normalized spacial score (nSPS) is 11.6. The standard InChI is InChI=1S/C15H23NO4S/c1-4-20-9-13-6-5-7-14(8-13)16-15(17)11-21(18,19)10-12(2)3/h5-8,12H,4,9-11H2,1-3H3,(H,16,17). The van der Waals surface area contributed by atoms with Crippen molar-refractivity contribution in [2.45, 2.75) is 27.4 Å². The summed E-state index contributed by atoms with van der Waals surface area (Å²) in [5, 5.41) is 2.61. The van der Waals surface area contributed by atoms with E-state index in [4.69, 9.17) is 4.74 Å². The highest BCUT2D eigenvalue weighted by Gasteiger charge is 2.18. The molecule has 0 aliphatic heterocycles. The molecule has 0 spiro atoms. The van der Waals surface area contributed by atoms with Gasteiger partial charge >= 0.3 is 0 Å². The van der Waals surface area contributed by atoms with Crippen molar-refractivity contribution in [2.75, 3.05) is 23.4 Å². The first kappa shape index (κ1) is 17.7. The second-order valence-electron chi connectivity index (χ2n) is 5.33. The Hall–Kier alpha value is -1.40. The summed E-state index contributed by atoms with van der Waals surface area (Å²) in [5.41, 5.74) is 1.51. The zero-order valence-electron chi connectivity index (χ0n) is 12.8. The first-order valence-corrected chi connectivity index (χ1v) is 8.81. The lowest BCUT2D eigenvalue weighted by Crippen LogP contribution is -2.26. The van der Waals surface area contributed by atoms with Gasteiger partial charge in [-0.2, -0.15) is 0 Å². The van der Waals surface area contributed by atoms with Crippen LogP contribution in [0.1, 0.15) is 26.3 Å². The van der Waals surface area contributed by atoms with E-state index in [2.05, 4.69) is 5.32 Å². The Morgan fingerprint density at radius 1 is 1.33 bits per heavy atom. The van der Waals surface area contributed by atoms with E-state index in [1.54, 1.807) is 18.2 Å². The molecule has 0 bridgehead atoms. The van der Waals surface area contributed by atoms with Crippen molar-refractivity contribution < 1.29 is 17.9 Å². The molecule has 0 saturated heterocycles. The molecule has 0 aromatic heterocycles. The van der Waals surface area contributed by atoms with Crippen LogP contribution in [-0.4, -0.2) is 32.4 Å². The van der Waals surface area contributed by atoms with Gasteiger partial charge in [0.25, 0.3) is 0 Å². The molecule has 5 nitrogen and oxygen atoms in total. The number of carbonyl (C=O) groups excluding carboxylic acids is 1. The van der Waals surface area contributed by atoms with Crippen LogP contribution in [0.25, 0.3) is 0 Å². The first-order chi connectivity index (χ1) is 9.82. The molecular formula is C15H23NO4S. The molecule has 1 amide bonds. The third-order valence-corrected chi connectivity index (χ3v) is 4.50. The fourth-order valence-electron chi connectivity index (χ4n) is 1.92. The summed E-state index contributed by atoms with van der Waals surface area (Å²) >= 11 is 0. The number of nitrogens with one attached hydrogen (secondary N) is 1. The molecule has 0 atom stereocenters. The van der Waals surface area contributed by atoms with Gasteiger partial charge in [-0.15, -0.1) is 0 Å². The Bertz CT molecular complexity index is 567. The average molecular weight is 313 g/mol. The molecule has 0 aliphatic rings. The highest BCUT2D eigenvalue weighted by molar-refractivity contribution is 7.92. The lowest BCUT2D eigenvalue weighted by atomic mass is 10.2. The molecule has 118 valence electrons. The van der Waals surface area contributed by atoms with Gasteiger partial charge in [-0.1, -0.05) is 26.0 Å². The summed E-state index contributed by atoms with van der Waals surface area (Å²) in [6.07, 6.45) is 0. The number of carbonyl (C=O) groups is 1. The zero-order valence-corrected chi connectivity index (χ0v) is 13.6. The van der Waals surface area contributed by atoms with Gasteiger partial charge < -0.3 is 10.1 Å². The maximum Gasteiger partial charge on any atom is 0.239 e. The van der Waals surface area contributed by atoms with Crippen LogP contribution in [-0.2, 0) is 26.0 Å². The van der Waals surface area contributed by atoms with Crippen molar-refractivity contribution in [1.29, 1.82) is 0 Å². The van der Waals surface area contributed by atoms with Crippen molar-refractivity contribution in [3.8, 4) is 0 Å². The van der Waals surface area contributed by atoms with E-state index in [0.29, 0.717) is 18.9 Å². The number of hydrogen-bond acceptors (Lipinski definition) is 4. The number of sulfone groups is 1. The maximum absolute atomic E-state index is 11.8. The van der Waals surface area contributed by atoms with Crippen LogP contribution < -0.4 is 5.32 Å². The lowest BCUT2D eigenvalue weighted by Gasteiger charge is -2.09. The van der Waals surface area contributed by atoms with Crippen molar-refractivity contribution in [1.82, 2.24) is 0 Å². The van der Waals surface area contributed by atoms with Crippen LogP contribution in [0.2, 0.25) is 0 Å². The number of rotatable bonds is 8. The number of amides is 1. The summed E-state index contributed by atoms with van der Waals surface area (Å²) in [6, 6.07) is 7.19. The molecular weight excluding hydrogens is 290 g/mol. The Morgan fingerprint density at radius 2 is 2.05 bits per heavy atom. The molecule has 0 saturated carbocycles. The van der Waals surface area contributed by atoms with Gasteiger partial charge in [0, 0.05) is 12.3 Å². The number of hydrogen-bond donors (Lipinski definition) is 1. The van der Waals surface area contributed by atoms with E-state index < -0.39 is 21.5 Å². The maximum atomic E-state index is 11.8. The van der Waals surface area contributed by atoms with Gasteiger partial charge in [-0.05, 0) is 30.5 Å². The predicted molar refractivity (Wildman–Crippen MR) is 83.9 cm³/mol. The van der Waals surface area contributed by atoms with Crippen molar-refractivity contribution in [3.63, 3.8) is 0 Å². The summed E-state index contributed by atoms with van der Waals surface area (Å²) in [6.45, 7) is 6.61. The molecule has 0 radical (unpaired) electrons. The largest absolute Gasteiger partial charge is 0.377 e. The van der Waals surface area contributed by atoms with E-state index in [1.807, 2.05) is 26.8 Å². The number of anilines is 1. The second-order valence-corrected chi connectivity index (χ2v) is 7.44. The fourth-order valence-corrected chi connectivity index (χ4v) is 3.53. The van der Waals surface area contributed by atoms with Crippen LogP contribution in [0.4, 0.5) is 5.69 Å². The van der Waals surface area contributed by atoms with Gasteiger partial charge in [-0.3, -0.25) is 4.79 Å². The van der Waals surface area contributed by atoms with E-state index >= 15 is 0 Å². The Labute approximate surface area is 126 Å². The van der Waals surface area contributed by atoms with E-state index in [0.717, 1.165) is 5.56 Å². The zero-order chi connectivity index (χ0) is 15.9. The third-order valence-electron chi connectivity index (χ3n) is 2.62. The Balaban J connectivity index is 2.62. The fraction of sp³-hybridized carbons (Fsp3) is 0.533. The number of benzene rings is 1. The SMILES string of the molecule is CCOCc1cccc(NC(=O)CS(=O)(=O)CC(C)C)c1. The highest BCUT2D eigenvalue weighted by Crippen LogP contribution is 2.12. The molecule has 1 aromatic rings. The van der Waals surface area contributed by atoms with Gasteiger partial charge in [0.2, 0.25) is 5.91 Å². The minimum atomic E-state index is -3.36. The summed E-state index contributed by atoms with van der Waals surface area (Å²) < 4.78 is 28.8. The molecule has 0 unspecified atom stereocenters. The van der Waals surface area contributed by atoms with Crippen LogP contribution in [0, 0.1) is 5.92 Å². The van der Waals surface area contributed by atoms with Crippen molar-refractivity contribution >= 4 is 21.4 Å². The molecule has 1 rings (SSSR count).